The van der Waals surface area contributed by atoms with Gasteiger partial charge in [-0.2, -0.15) is 5.10 Å². The van der Waals surface area contributed by atoms with Crippen molar-refractivity contribution < 1.29 is 0 Å². The van der Waals surface area contributed by atoms with Crippen LogP contribution in [0.15, 0.2) is 18.3 Å². The van der Waals surface area contributed by atoms with Crippen molar-refractivity contribution in [3.05, 3.63) is 27.5 Å². The molecular weight excluding hydrogens is 251 g/mol. The summed E-state index contributed by atoms with van der Waals surface area (Å²) in [6.07, 6.45) is 1.84. The van der Waals surface area contributed by atoms with E-state index in [2.05, 4.69) is 51.8 Å². The predicted molar refractivity (Wildman–Crippen MR) is 53.5 cm³/mol. The zero-order valence-electron chi connectivity index (χ0n) is 6.06. The molecule has 2 aromatic rings. The van der Waals surface area contributed by atoms with E-state index >= 15 is 0 Å². The first-order valence-electron chi connectivity index (χ1n) is 3.37. The first kappa shape index (κ1) is 7.09. The number of rotatable bonds is 0. The van der Waals surface area contributed by atoms with Gasteiger partial charge in [-0.3, -0.25) is 5.10 Å². The van der Waals surface area contributed by atoms with Crippen LogP contribution in [0.2, 0.25) is 0 Å². The van der Waals surface area contributed by atoms with Gasteiger partial charge in [0.15, 0.2) is 0 Å². The first-order valence-corrected chi connectivity index (χ1v) is 4.45. The second-order valence-corrected chi connectivity index (χ2v) is 3.61. The highest BCUT2D eigenvalue weighted by atomic mass is 127. The number of aryl methyl sites for hydroxylation is 1. The molecule has 0 aliphatic carbocycles. The van der Waals surface area contributed by atoms with E-state index in [1.54, 1.807) is 0 Å². The lowest BCUT2D eigenvalue weighted by Gasteiger charge is -1.96. The van der Waals surface area contributed by atoms with Crippen molar-refractivity contribution in [3.8, 4) is 0 Å². The molecule has 0 unspecified atom stereocenters. The highest BCUT2D eigenvalue weighted by Gasteiger charge is 2.01. The van der Waals surface area contributed by atoms with Crippen molar-refractivity contribution in [2.45, 2.75) is 6.92 Å². The SMILES string of the molecule is Cc1ccc2cn[nH]c2c1I. The molecule has 1 heterocycles. The van der Waals surface area contributed by atoms with Crippen molar-refractivity contribution in [2.24, 2.45) is 0 Å². The third-order valence-corrected chi connectivity index (χ3v) is 3.14. The highest BCUT2D eigenvalue weighted by Crippen LogP contribution is 2.20. The molecule has 0 spiro atoms. The van der Waals surface area contributed by atoms with E-state index < -0.39 is 0 Å². The van der Waals surface area contributed by atoms with Gasteiger partial charge < -0.3 is 0 Å². The number of fused-ring (bicyclic) bond motifs is 1. The van der Waals surface area contributed by atoms with E-state index in [4.69, 9.17) is 0 Å². The van der Waals surface area contributed by atoms with Crippen LogP contribution < -0.4 is 0 Å². The first-order chi connectivity index (χ1) is 5.29. The smallest absolute Gasteiger partial charge is 0.0786 e. The molecule has 56 valence electrons. The molecule has 0 radical (unpaired) electrons. The lowest BCUT2D eigenvalue weighted by molar-refractivity contribution is 1.11. The topological polar surface area (TPSA) is 28.7 Å². The number of aromatic nitrogens is 2. The summed E-state index contributed by atoms with van der Waals surface area (Å²) in [5.74, 6) is 0. The molecule has 0 aliphatic heterocycles. The number of nitrogens with zero attached hydrogens (tertiary/aromatic N) is 1. The van der Waals surface area contributed by atoms with E-state index in [-0.39, 0.29) is 0 Å². The summed E-state index contributed by atoms with van der Waals surface area (Å²) in [5.41, 5.74) is 2.44. The van der Waals surface area contributed by atoms with Crippen LogP contribution in [0.25, 0.3) is 10.9 Å². The Morgan fingerprint density at radius 1 is 1.45 bits per heavy atom. The molecule has 1 aromatic heterocycles. The van der Waals surface area contributed by atoms with Crippen LogP contribution >= 0.6 is 22.6 Å². The number of aromatic amines is 1. The van der Waals surface area contributed by atoms with Crippen molar-refractivity contribution in [1.29, 1.82) is 0 Å². The minimum absolute atomic E-state index is 1.14. The lowest BCUT2D eigenvalue weighted by atomic mass is 10.2. The molecule has 1 N–H and O–H groups in total. The lowest BCUT2D eigenvalue weighted by Crippen LogP contribution is -1.80. The summed E-state index contributed by atoms with van der Waals surface area (Å²) in [6.45, 7) is 2.10. The Kier molecular flexibility index (Phi) is 1.60. The van der Waals surface area contributed by atoms with E-state index in [1.807, 2.05) is 6.20 Å². The molecule has 2 nitrogen and oxygen atoms in total. The summed E-state index contributed by atoms with van der Waals surface area (Å²) < 4.78 is 1.26. The second-order valence-electron chi connectivity index (χ2n) is 2.53. The fraction of sp³-hybridized carbons (Fsp3) is 0.125. The van der Waals surface area contributed by atoms with Gasteiger partial charge in [-0.05, 0) is 35.1 Å². The third kappa shape index (κ3) is 1.03. The van der Waals surface area contributed by atoms with Crippen molar-refractivity contribution in [3.63, 3.8) is 0 Å². The predicted octanol–water partition coefficient (Wildman–Crippen LogP) is 2.48. The fourth-order valence-corrected chi connectivity index (χ4v) is 1.69. The van der Waals surface area contributed by atoms with Gasteiger partial charge in [0, 0.05) is 8.96 Å². The number of H-pyrrole nitrogens is 1. The molecule has 3 heteroatoms. The summed E-state index contributed by atoms with van der Waals surface area (Å²) in [4.78, 5) is 0. The summed E-state index contributed by atoms with van der Waals surface area (Å²) in [7, 11) is 0. The minimum atomic E-state index is 1.14. The fourth-order valence-electron chi connectivity index (χ4n) is 1.08. The largest absolute Gasteiger partial charge is 0.277 e. The van der Waals surface area contributed by atoms with Gasteiger partial charge >= 0.3 is 0 Å². The van der Waals surface area contributed by atoms with Crippen molar-refractivity contribution in [1.82, 2.24) is 10.2 Å². The third-order valence-electron chi connectivity index (χ3n) is 1.75. The zero-order chi connectivity index (χ0) is 7.84. The zero-order valence-corrected chi connectivity index (χ0v) is 8.21. The average Bonchev–Trinajstić information content (AvgIpc) is 2.45. The van der Waals surface area contributed by atoms with Gasteiger partial charge in [0.1, 0.15) is 0 Å². The van der Waals surface area contributed by atoms with Crippen molar-refractivity contribution in [2.75, 3.05) is 0 Å². The van der Waals surface area contributed by atoms with Crippen LogP contribution in [0.1, 0.15) is 5.56 Å². The van der Waals surface area contributed by atoms with Gasteiger partial charge in [-0.1, -0.05) is 12.1 Å². The maximum atomic E-state index is 3.97. The Labute approximate surface area is 78.1 Å². The summed E-state index contributed by atoms with van der Waals surface area (Å²) in [6, 6.07) is 4.19. The number of nitrogens with one attached hydrogen (secondary N) is 1. The van der Waals surface area contributed by atoms with Crippen LogP contribution in [-0.2, 0) is 0 Å². The quantitative estimate of drug-likeness (QED) is 0.722. The number of hydrogen-bond donors (Lipinski definition) is 1. The Balaban J connectivity index is 2.93. The molecule has 11 heavy (non-hydrogen) atoms. The average molecular weight is 258 g/mol. The molecule has 0 saturated carbocycles. The molecule has 0 saturated heterocycles. The molecule has 0 amide bonds. The number of hydrogen-bond acceptors (Lipinski definition) is 1. The molecule has 0 aliphatic rings. The second kappa shape index (κ2) is 2.48. The number of halogens is 1. The molecule has 2 rings (SSSR count). The standard InChI is InChI=1S/C8H7IN2/c1-5-2-3-6-4-10-11-8(6)7(5)9/h2-4H,1H3,(H,10,11). The summed E-state index contributed by atoms with van der Waals surface area (Å²) in [5, 5.41) is 8.13. The van der Waals surface area contributed by atoms with E-state index in [1.165, 1.54) is 14.5 Å². The molecular formula is C8H7IN2. The van der Waals surface area contributed by atoms with Crippen LogP contribution in [0, 0.1) is 10.5 Å². The maximum absolute atomic E-state index is 3.97. The van der Waals surface area contributed by atoms with Gasteiger partial charge in [0.05, 0.1) is 11.7 Å². The van der Waals surface area contributed by atoms with E-state index in [0.717, 1.165) is 5.52 Å². The Morgan fingerprint density at radius 3 is 3.09 bits per heavy atom. The Morgan fingerprint density at radius 2 is 2.27 bits per heavy atom. The normalized spacial score (nSPS) is 10.7. The van der Waals surface area contributed by atoms with Crippen LogP contribution in [0.5, 0.6) is 0 Å². The van der Waals surface area contributed by atoms with Gasteiger partial charge in [0.2, 0.25) is 0 Å². The summed E-state index contributed by atoms with van der Waals surface area (Å²) >= 11 is 2.33. The van der Waals surface area contributed by atoms with Crippen LogP contribution in [-0.4, -0.2) is 10.2 Å². The molecule has 0 atom stereocenters. The Bertz CT molecular complexity index is 392. The van der Waals surface area contributed by atoms with Crippen LogP contribution in [0.4, 0.5) is 0 Å². The molecule has 0 bridgehead atoms. The molecule has 0 fully saturated rings. The monoisotopic (exact) mass is 258 g/mol. The molecule has 1 aromatic carbocycles. The Hall–Kier alpha value is -0.580. The van der Waals surface area contributed by atoms with Gasteiger partial charge in [-0.25, -0.2) is 0 Å². The van der Waals surface area contributed by atoms with E-state index in [9.17, 15) is 0 Å². The highest BCUT2D eigenvalue weighted by molar-refractivity contribution is 14.1. The van der Waals surface area contributed by atoms with Crippen LogP contribution in [0.3, 0.4) is 0 Å². The van der Waals surface area contributed by atoms with Gasteiger partial charge in [-0.15, -0.1) is 0 Å². The number of benzene rings is 1. The van der Waals surface area contributed by atoms with Gasteiger partial charge in [0.25, 0.3) is 0 Å². The minimum Gasteiger partial charge on any atom is -0.277 e. The van der Waals surface area contributed by atoms with Crippen molar-refractivity contribution >= 4 is 33.5 Å². The van der Waals surface area contributed by atoms with E-state index in [0.29, 0.717) is 0 Å². The maximum Gasteiger partial charge on any atom is 0.0786 e.